The minimum Gasteiger partial charge on any atom is -0.495 e. The molecule has 11 heteroatoms. The summed E-state index contributed by atoms with van der Waals surface area (Å²) in [6.07, 6.45) is -0.670. The second-order valence-corrected chi connectivity index (χ2v) is 9.94. The van der Waals surface area contributed by atoms with Gasteiger partial charge in [0.05, 0.1) is 17.7 Å². The van der Waals surface area contributed by atoms with Crippen LogP contribution in [-0.4, -0.2) is 45.0 Å². The van der Waals surface area contributed by atoms with Crippen LogP contribution in [0.4, 0.5) is 16.2 Å². The average molecular weight is 475 g/mol. The summed E-state index contributed by atoms with van der Waals surface area (Å²) in [5.74, 6) is 0.0128. The van der Waals surface area contributed by atoms with E-state index in [0.29, 0.717) is 22.7 Å². The van der Waals surface area contributed by atoms with E-state index >= 15 is 0 Å². The van der Waals surface area contributed by atoms with Crippen LogP contribution in [0.2, 0.25) is 0 Å². The molecule has 1 aliphatic rings. The number of hydrogen-bond donors (Lipinski definition) is 3. The van der Waals surface area contributed by atoms with E-state index in [1.54, 1.807) is 58.0 Å². The number of carbonyl (C=O) groups excluding carboxylic acids is 2. The lowest BCUT2D eigenvalue weighted by Crippen LogP contribution is -2.29. The van der Waals surface area contributed by atoms with Gasteiger partial charge in [0.2, 0.25) is 5.91 Å². The Balaban J connectivity index is 1.76. The SMILES string of the molecule is COc1ccc(NC(=O)[C@H](C)N=C2NS(=O)(=O)c3ccccc32)cc1NC(=O)OC(C)(C)C. The molecule has 0 saturated carbocycles. The zero-order valence-corrected chi connectivity index (χ0v) is 19.7. The van der Waals surface area contributed by atoms with Gasteiger partial charge in [0.25, 0.3) is 10.0 Å². The van der Waals surface area contributed by atoms with Crippen LogP contribution >= 0.6 is 0 Å². The van der Waals surface area contributed by atoms with Gasteiger partial charge < -0.3 is 14.8 Å². The molecule has 176 valence electrons. The zero-order valence-electron chi connectivity index (χ0n) is 18.9. The molecule has 0 aliphatic carbocycles. The van der Waals surface area contributed by atoms with E-state index in [1.165, 1.54) is 19.2 Å². The number of amidine groups is 1. The number of hydrogen-bond acceptors (Lipinski definition) is 7. The molecule has 1 aliphatic heterocycles. The molecule has 2 aromatic rings. The summed E-state index contributed by atoms with van der Waals surface area (Å²) in [6, 6.07) is 10.2. The van der Waals surface area contributed by atoms with Crippen molar-refractivity contribution in [3.8, 4) is 5.75 Å². The Morgan fingerprint density at radius 2 is 1.79 bits per heavy atom. The lowest BCUT2D eigenvalue weighted by molar-refractivity contribution is -0.117. The number of nitrogens with zero attached hydrogens (tertiary/aromatic N) is 1. The topological polar surface area (TPSA) is 135 Å². The van der Waals surface area contributed by atoms with Gasteiger partial charge in [-0.25, -0.2) is 13.2 Å². The first-order valence-corrected chi connectivity index (χ1v) is 11.6. The molecule has 33 heavy (non-hydrogen) atoms. The van der Waals surface area contributed by atoms with Crippen LogP contribution in [0.5, 0.6) is 5.75 Å². The maximum atomic E-state index is 12.7. The Morgan fingerprint density at radius 1 is 1.09 bits per heavy atom. The number of amides is 2. The summed E-state index contributed by atoms with van der Waals surface area (Å²) in [4.78, 5) is 29.2. The fourth-order valence-corrected chi connectivity index (χ4v) is 4.26. The number of rotatable bonds is 5. The molecule has 0 bridgehead atoms. The van der Waals surface area contributed by atoms with E-state index in [-0.39, 0.29) is 10.7 Å². The number of methoxy groups -OCH3 is 1. The van der Waals surface area contributed by atoms with Crippen molar-refractivity contribution < 1.29 is 27.5 Å². The Kier molecular flexibility index (Phi) is 6.63. The van der Waals surface area contributed by atoms with Gasteiger partial charge in [-0.05, 0) is 58.0 Å². The first-order valence-electron chi connectivity index (χ1n) is 10.1. The highest BCUT2D eigenvalue weighted by Crippen LogP contribution is 2.29. The van der Waals surface area contributed by atoms with Crippen molar-refractivity contribution in [1.29, 1.82) is 0 Å². The quantitative estimate of drug-likeness (QED) is 0.609. The third kappa shape index (κ3) is 5.80. The van der Waals surface area contributed by atoms with E-state index in [2.05, 4.69) is 20.3 Å². The van der Waals surface area contributed by atoms with Gasteiger partial charge in [-0.3, -0.25) is 19.8 Å². The fraction of sp³-hybridized carbons (Fsp3) is 0.318. The second-order valence-electron chi connectivity index (χ2n) is 8.29. The summed E-state index contributed by atoms with van der Waals surface area (Å²) >= 11 is 0. The molecule has 0 aromatic heterocycles. The normalized spacial score (nSPS) is 16.3. The Hall–Kier alpha value is -3.60. The highest BCUT2D eigenvalue weighted by atomic mass is 32.2. The monoisotopic (exact) mass is 474 g/mol. The second kappa shape index (κ2) is 9.10. The van der Waals surface area contributed by atoms with Crippen LogP contribution in [0.1, 0.15) is 33.3 Å². The van der Waals surface area contributed by atoms with E-state index in [1.807, 2.05) is 0 Å². The first-order chi connectivity index (χ1) is 15.4. The van der Waals surface area contributed by atoms with Gasteiger partial charge in [-0.15, -0.1) is 0 Å². The van der Waals surface area contributed by atoms with Crippen molar-refractivity contribution in [2.24, 2.45) is 4.99 Å². The molecule has 0 radical (unpaired) electrons. The number of benzene rings is 2. The van der Waals surface area contributed by atoms with E-state index in [4.69, 9.17) is 9.47 Å². The fourth-order valence-electron chi connectivity index (χ4n) is 3.03. The smallest absolute Gasteiger partial charge is 0.412 e. The van der Waals surface area contributed by atoms with Gasteiger partial charge in [-0.1, -0.05) is 12.1 Å². The number of carbonyl (C=O) groups is 2. The van der Waals surface area contributed by atoms with Crippen molar-refractivity contribution in [1.82, 2.24) is 4.72 Å². The molecule has 0 saturated heterocycles. The van der Waals surface area contributed by atoms with Crippen LogP contribution in [0, 0.1) is 0 Å². The largest absolute Gasteiger partial charge is 0.495 e. The number of nitrogens with one attached hydrogen (secondary N) is 3. The van der Waals surface area contributed by atoms with Gasteiger partial charge in [0.1, 0.15) is 23.2 Å². The summed E-state index contributed by atoms with van der Waals surface area (Å²) in [6.45, 7) is 6.77. The molecule has 3 N–H and O–H groups in total. The third-order valence-electron chi connectivity index (χ3n) is 4.47. The maximum Gasteiger partial charge on any atom is 0.412 e. The molecule has 0 spiro atoms. The number of anilines is 2. The number of sulfonamides is 1. The Labute approximate surface area is 192 Å². The molecule has 2 aromatic carbocycles. The zero-order chi connectivity index (χ0) is 24.4. The van der Waals surface area contributed by atoms with Crippen molar-refractivity contribution in [3.05, 3.63) is 48.0 Å². The maximum absolute atomic E-state index is 12.7. The van der Waals surface area contributed by atoms with E-state index < -0.39 is 33.7 Å². The average Bonchev–Trinajstić information content (AvgIpc) is 2.97. The lowest BCUT2D eigenvalue weighted by atomic mass is 10.2. The highest BCUT2D eigenvalue weighted by molar-refractivity contribution is 7.90. The summed E-state index contributed by atoms with van der Waals surface area (Å²) in [5.41, 5.74) is 0.413. The molecule has 0 fully saturated rings. The lowest BCUT2D eigenvalue weighted by Gasteiger charge is -2.20. The minimum absolute atomic E-state index is 0.107. The molecule has 0 unspecified atom stereocenters. The molecular weight excluding hydrogens is 448 g/mol. The van der Waals surface area contributed by atoms with Crippen LogP contribution in [0.25, 0.3) is 0 Å². The van der Waals surface area contributed by atoms with Crippen molar-refractivity contribution in [2.75, 3.05) is 17.7 Å². The third-order valence-corrected chi connectivity index (χ3v) is 5.86. The van der Waals surface area contributed by atoms with Gasteiger partial charge in [0, 0.05) is 11.3 Å². The molecule has 2 amide bonds. The molecule has 1 heterocycles. The van der Waals surface area contributed by atoms with Crippen LogP contribution in [0.15, 0.2) is 52.4 Å². The number of ether oxygens (including phenoxy) is 2. The van der Waals surface area contributed by atoms with E-state index in [9.17, 15) is 18.0 Å². The van der Waals surface area contributed by atoms with Crippen LogP contribution < -0.4 is 20.1 Å². The van der Waals surface area contributed by atoms with Gasteiger partial charge >= 0.3 is 6.09 Å². The number of aliphatic imine (C=N–C) groups is 1. The van der Waals surface area contributed by atoms with Crippen molar-refractivity contribution >= 4 is 39.2 Å². The molecule has 10 nitrogen and oxygen atoms in total. The molecular formula is C22H26N4O6S. The minimum atomic E-state index is -3.70. The summed E-state index contributed by atoms with van der Waals surface area (Å²) in [5, 5.41) is 5.30. The predicted octanol–water partition coefficient (Wildman–Crippen LogP) is 3.11. The summed E-state index contributed by atoms with van der Waals surface area (Å²) in [7, 11) is -2.25. The van der Waals surface area contributed by atoms with Crippen molar-refractivity contribution in [3.63, 3.8) is 0 Å². The van der Waals surface area contributed by atoms with Gasteiger partial charge in [-0.2, -0.15) is 0 Å². The van der Waals surface area contributed by atoms with Crippen LogP contribution in [-0.2, 0) is 19.6 Å². The Bertz CT molecular complexity index is 1220. The highest BCUT2D eigenvalue weighted by Gasteiger charge is 2.31. The van der Waals surface area contributed by atoms with Crippen LogP contribution in [0.3, 0.4) is 0 Å². The first kappa shape index (κ1) is 24.1. The standard InChI is InChI=1S/C22H26N4O6S/c1-13(23-19-15-8-6-7-9-18(15)33(29,30)26-19)20(27)24-14-10-11-17(31-5)16(12-14)25-21(28)32-22(2,3)4/h6-13H,1-5H3,(H,23,26)(H,24,27)(H,25,28)/t13-/m0/s1. The van der Waals surface area contributed by atoms with Gasteiger partial charge in [0.15, 0.2) is 0 Å². The van der Waals surface area contributed by atoms with E-state index in [0.717, 1.165) is 0 Å². The number of fused-ring (bicyclic) bond motifs is 1. The molecule has 3 rings (SSSR count). The van der Waals surface area contributed by atoms with Crippen molar-refractivity contribution in [2.45, 2.75) is 44.2 Å². The predicted molar refractivity (Wildman–Crippen MR) is 124 cm³/mol. The Morgan fingerprint density at radius 3 is 2.45 bits per heavy atom. The molecule has 1 atom stereocenters. The summed E-state index contributed by atoms with van der Waals surface area (Å²) < 4.78 is 37.3.